The number of hydrogen-bond acceptors (Lipinski definition) is 3. The molecule has 114 valence electrons. The fraction of sp³-hybridized carbons (Fsp3) is 0.625. The highest BCUT2D eigenvalue weighted by Gasteiger charge is 2.40. The molecule has 0 aliphatic carbocycles. The van der Waals surface area contributed by atoms with Gasteiger partial charge in [-0.3, -0.25) is 0 Å². The van der Waals surface area contributed by atoms with Gasteiger partial charge in [0.15, 0.2) is 0 Å². The first-order valence-corrected chi connectivity index (χ1v) is 9.65. The van der Waals surface area contributed by atoms with Crippen LogP contribution in [0.3, 0.4) is 0 Å². The van der Waals surface area contributed by atoms with Crippen molar-refractivity contribution in [2.45, 2.75) is 46.1 Å². The Morgan fingerprint density at radius 3 is 2.05 bits per heavy atom. The van der Waals surface area contributed by atoms with Gasteiger partial charge >= 0.3 is 8.80 Å². The van der Waals surface area contributed by atoms with E-state index >= 15 is 0 Å². The van der Waals surface area contributed by atoms with Crippen LogP contribution in [0.2, 0.25) is 0 Å². The summed E-state index contributed by atoms with van der Waals surface area (Å²) < 4.78 is 18.0. The molecular weight excluding hydrogens is 268 g/mol. The largest absolute Gasteiger partial charge is 0.505 e. The third-order valence-electron chi connectivity index (χ3n) is 3.06. The first-order valence-electron chi connectivity index (χ1n) is 7.72. The van der Waals surface area contributed by atoms with Crippen LogP contribution in [0.5, 0.6) is 0 Å². The van der Waals surface area contributed by atoms with E-state index in [1.165, 1.54) is 18.4 Å². The molecule has 0 aliphatic rings. The summed E-state index contributed by atoms with van der Waals surface area (Å²) in [5, 5.41) is 0. The summed E-state index contributed by atoms with van der Waals surface area (Å²) in [6.45, 7) is 8.19. The molecule has 0 unspecified atom stereocenters. The van der Waals surface area contributed by atoms with Gasteiger partial charge < -0.3 is 13.3 Å². The molecule has 1 rings (SSSR count). The summed E-state index contributed by atoms with van der Waals surface area (Å²) in [4.78, 5) is 0. The summed E-state index contributed by atoms with van der Waals surface area (Å²) in [7, 11) is -2.59. The topological polar surface area (TPSA) is 27.7 Å². The van der Waals surface area contributed by atoms with Crippen molar-refractivity contribution < 1.29 is 13.3 Å². The molecule has 0 N–H and O–H groups in total. The van der Waals surface area contributed by atoms with E-state index in [-0.39, 0.29) is 0 Å². The smallest absolute Gasteiger partial charge is 0.374 e. The van der Waals surface area contributed by atoms with E-state index in [4.69, 9.17) is 13.3 Å². The third-order valence-corrected chi connectivity index (χ3v) is 6.00. The van der Waals surface area contributed by atoms with Crippen LogP contribution in [0, 0.1) is 0 Å². The van der Waals surface area contributed by atoms with Crippen LogP contribution in [0.25, 0.3) is 0 Å². The molecule has 0 atom stereocenters. The molecule has 0 heterocycles. The minimum Gasteiger partial charge on any atom is -0.374 e. The predicted molar refractivity (Wildman–Crippen MR) is 84.6 cm³/mol. The van der Waals surface area contributed by atoms with Gasteiger partial charge in [0, 0.05) is 25.9 Å². The molecule has 1 aromatic carbocycles. The van der Waals surface area contributed by atoms with Crippen LogP contribution in [-0.4, -0.2) is 28.6 Å². The first-order chi connectivity index (χ1) is 9.76. The highest BCUT2D eigenvalue weighted by atomic mass is 28.4. The second-order valence-electron chi connectivity index (χ2n) is 4.77. The van der Waals surface area contributed by atoms with Crippen molar-refractivity contribution in [3.63, 3.8) is 0 Å². The molecule has 3 nitrogen and oxygen atoms in total. The summed E-state index contributed by atoms with van der Waals surface area (Å²) >= 11 is 0. The normalized spacial score (nSPS) is 11.8. The summed E-state index contributed by atoms with van der Waals surface area (Å²) in [5.41, 5.74) is 1.22. The Bertz CT molecular complexity index is 337. The highest BCUT2D eigenvalue weighted by Crippen LogP contribution is 2.18. The maximum atomic E-state index is 6.11. The van der Waals surface area contributed by atoms with E-state index < -0.39 is 8.80 Å². The zero-order valence-electron chi connectivity index (χ0n) is 13.1. The van der Waals surface area contributed by atoms with Crippen molar-refractivity contribution in [3.8, 4) is 0 Å². The van der Waals surface area contributed by atoms with Gasteiger partial charge in [0.25, 0.3) is 0 Å². The van der Waals surface area contributed by atoms with Gasteiger partial charge in [-0.2, -0.15) is 0 Å². The van der Waals surface area contributed by atoms with Crippen LogP contribution in [0.15, 0.2) is 30.3 Å². The molecule has 20 heavy (non-hydrogen) atoms. The second-order valence-corrected chi connectivity index (χ2v) is 7.35. The van der Waals surface area contributed by atoms with E-state index in [0.717, 1.165) is 19.1 Å². The zero-order valence-corrected chi connectivity index (χ0v) is 14.1. The van der Waals surface area contributed by atoms with Crippen molar-refractivity contribution in [3.05, 3.63) is 35.9 Å². The molecule has 0 bridgehead atoms. The van der Waals surface area contributed by atoms with Crippen molar-refractivity contribution in [2.24, 2.45) is 0 Å². The molecular formula is C16H28O3Si. The number of hydrogen-bond donors (Lipinski definition) is 0. The van der Waals surface area contributed by atoms with E-state index in [2.05, 4.69) is 19.1 Å². The first kappa shape index (κ1) is 17.4. The van der Waals surface area contributed by atoms with E-state index in [9.17, 15) is 0 Å². The Morgan fingerprint density at radius 2 is 1.50 bits per heavy atom. The van der Waals surface area contributed by atoms with Crippen LogP contribution < -0.4 is 0 Å². The van der Waals surface area contributed by atoms with Gasteiger partial charge in [0.2, 0.25) is 0 Å². The number of unbranched alkanes of at least 4 members (excludes halogenated alkanes) is 2. The molecule has 0 saturated heterocycles. The van der Waals surface area contributed by atoms with E-state index in [0.29, 0.717) is 13.2 Å². The van der Waals surface area contributed by atoms with Crippen molar-refractivity contribution in [1.82, 2.24) is 0 Å². The average molecular weight is 296 g/mol. The van der Waals surface area contributed by atoms with Gasteiger partial charge in [-0.05, 0) is 25.8 Å². The summed E-state index contributed by atoms with van der Waals surface area (Å²) in [6.07, 6.45) is 3.45. The van der Waals surface area contributed by atoms with Gasteiger partial charge in [0.05, 0.1) is 0 Å². The lowest BCUT2D eigenvalue weighted by Gasteiger charge is -2.29. The minimum absolute atomic E-state index is 0.632. The molecule has 4 heteroatoms. The van der Waals surface area contributed by atoms with Crippen LogP contribution in [0.4, 0.5) is 0 Å². The molecule has 0 amide bonds. The van der Waals surface area contributed by atoms with Crippen LogP contribution in [0.1, 0.15) is 45.6 Å². The lowest BCUT2D eigenvalue weighted by molar-refractivity contribution is 0.0648. The van der Waals surface area contributed by atoms with Gasteiger partial charge in [0.1, 0.15) is 0 Å². The summed E-state index contributed by atoms with van der Waals surface area (Å²) in [6, 6.07) is 11.1. The Morgan fingerprint density at radius 1 is 0.850 bits per heavy atom. The Labute approximate surface area is 124 Å². The molecule has 0 saturated carbocycles. The average Bonchev–Trinajstić information content (AvgIpc) is 2.45. The maximum absolute atomic E-state index is 6.11. The molecule has 0 aromatic heterocycles. The molecule has 0 radical (unpaired) electrons. The molecule has 0 spiro atoms. The van der Waals surface area contributed by atoms with E-state index in [1.54, 1.807) is 0 Å². The second kappa shape index (κ2) is 10.1. The van der Waals surface area contributed by atoms with Gasteiger partial charge in [-0.1, -0.05) is 50.1 Å². The van der Waals surface area contributed by atoms with Gasteiger partial charge in [-0.15, -0.1) is 0 Å². The molecule has 0 aliphatic heterocycles. The number of benzene rings is 1. The minimum atomic E-state index is -2.59. The van der Waals surface area contributed by atoms with Gasteiger partial charge in [-0.25, -0.2) is 0 Å². The van der Waals surface area contributed by atoms with Crippen molar-refractivity contribution in [1.29, 1.82) is 0 Å². The Balaban J connectivity index is 2.69. The van der Waals surface area contributed by atoms with Crippen molar-refractivity contribution in [2.75, 3.05) is 19.8 Å². The lowest BCUT2D eigenvalue weighted by atomic mass is 10.2. The lowest BCUT2D eigenvalue weighted by Crippen LogP contribution is -2.48. The summed E-state index contributed by atoms with van der Waals surface area (Å²) in [5.74, 6) is 0. The quantitative estimate of drug-likeness (QED) is 0.456. The predicted octanol–water partition coefficient (Wildman–Crippen LogP) is 3.99. The number of rotatable bonds is 11. The zero-order chi connectivity index (χ0) is 14.7. The monoisotopic (exact) mass is 296 g/mol. The fourth-order valence-electron chi connectivity index (χ4n) is 2.14. The highest BCUT2D eigenvalue weighted by molar-refractivity contribution is 6.60. The molecule has 1 aromatic rings. The Kier molecular flexibility index (Phi) is 8.77. The Hall–Kier alpha value is -0.683. The maximum Gasteiger partial charge on any atom is 0.505 e. The van der Waals surface area contributed by atoms with Crippen molar-refractivity contribution >= 4 is 8.80 Å². The van der Waals surface area contributed by atoms with Crippen LogP contribution >= 0.6 is 0 Å². The standard InChI is InChI=1S/C16H28O3Si/c1-4-7-11-14-19-20(17-5-2,18-6-3)15-16-12-9-8-10-13-16/h8-10,12-13H,4-7,11,14-15H2,1-3H3. The van der Waals surface area contributed by atoms with E-state index in [1.807, 2.05) is 32.0 Å². The fourth-order valence-corrected chi connectivity index (χ4v) is 4.77. The third kappa shape index (κ3) is 6.18. The molecule has 0 fully saturated rings. The van der Waals surface area contributed by atoms with Crippen LogP contribution in [-0.2, 0) is 19.3 Å². The SMILES string of the molecule is CCCCCO[Si](Cc1ccccc1)(OCC)OCC.